The van der Waals surface area contributed by atoms with Crippen LogP contribution in [-0.2, 0) is 0 Å². The number of aromatic hydroxyl groups is 1. The second kappa shape index (κ2) is 5.28. The molecule has 0 unspecified atom stereocenters. The highest BCUT2D eigenvalue weighted by Crippen LogP contribution is 2.31. The molecule has 0 aliphatic rings. The third kappa shape index (κ3) is 2.58. The van der Waals surface area contributed by atoms with Crippen LogP contribution in [0.5, 0.6) is 11.5 Å². The first kappa shape index (κ1) is 13.2. The minimum atomic E-state index is 0.0811. The van der Waals surface area contributed by atoms with Gasteiger partial charge in [-0.25, -0.2) is 9.97 Å². The second-order valence-electron chi connectivity index (χ2n) is 4.65. The smallest absolute Gasteiger partial charge is 0.160 e. The molecule has 2 aromatic carbocycles. The zero-order valence-corrected chi connectivity index (χ0v) is 11.8. The third-order valence-electron chi connectivity index (χ3n) is 3.16. The quantitative estimate of drug-likeness (QED) is 0.770. The van der Waals surface area contributed by atoms with E-state index in [0.717, 1.165) is 16.6 Å². The Morgan fingerprint density at radius 2 is 1.90 bits per heavy atom. The number of aryl methyl sites for hydroxylation is 1. The first-order chi connectivity index (χ1) is 10.2. The van der Waals surface area contributed by atoms with Crippen LogP contribution < -0.4 is 10.1 Å². The lowest BCUT2D eigenvalue weighted by Crippen LogP contribution is -1.99. The lowest BCUT2D eigenvalue weighted by atomic mass is 10.2. The molecule has 0 aliphatic carbocycles. The van der Waals surface area contributed by atoms with Gasteiger partial charge in [-0.1, -0.05) is 12.1 Å². The topological polar surface area (TPSA) is 67.3 Å². The predicted octanol–water partition coefficient (Wildman–Crippen LogP) is 3.40. The lowest BCUT2D eigenvalue weighted by molar-refractivity contribution is 0.373. The summed E-state index contributed by atoms with van der Waals surface area (Å²) in [5, 5.41) is 14.0. The number of methoxy groups -OCH3 is 1. The summed E-state index contributed by atoms with van der Waals surface area (Å²) in [5.74, 6) is 1.92. The maximum absolute atomic E-state index is 9.84. The number of nitrogens with one attached hydrogen (secondary N) is 1. The first-order valence-corrected chi connectivity index (χ1v) is 6.55. The van der Waals surface area contributed by atoms with E-state index in [1.807, 2.05) is 37.3 Å². The predicted molar refractivity (Wildman–Crippen MR) is 82.2 cm³/mol. The van der Waals surface area contributed by atoms with Crippen LogP contribution in [0.4, 0.5) is 11.5 Å². The molecule has 106 valence electrons. The number of rotatable bonds is 3. The summed E-state index contributed by atoms with van der Waals surface area (Å²) in [7, 11) is 1.52. The number of anilines is 2. The molecule has 0 aliphatic heterocycles. The third-order valence-corrected chi connectivity index (χ3v) is 3.16. The van der Waals surface area contributed by atoms with E-state index in [-0.39, 0.29) is 5.75 Å². The van der Waals surface area contributed by atoms with Crippen molar-refractivity contribution in [3.8, 4) is 11.5 Å². The Balaban J connectivity index is 2.03. The SMILES string of the molecule is COc1ccc(Nc2nc(C)nc3ccccc23)cc1O. The molecule has 0 saturated heterocycles. The molecule has 0 radical (unpaired) electrons. The average molecular weight is 281 g/mol. The van der Waals surface area contributed by atoms with Crippen LogP contribution in [0.3, 0.4) is 0 Å². The maximum atomic E-state index is 9.84. The Kier molecular flexibility index (Phi) is 3.31. The standard InChI is InChI=1S/C16H15N3O2/c1-10-17-13-6-4-3-5-12(13)16(18-10)19-11-7-8-15(21-2)14(20)9-11/h3-9,20H,1-2H3,(H,17,18,19). The van der Waals surface area contributed by atoms with Gasteiger partial charge < -0.3 is 15.2 Å². The number of benzene rings is 2. The van der Waals surface area contributed by atoms with Crippen molar-refractivity contribution in [2.24, 2.45) is 0 Å². The van der Waals surface area contributed by atoms with E-state index in [1.165, 1.54) is 7.11 Å². The molecule has 5 heteroatoms. The summed E-state index contributed by atoms with van der Waals surface area (Å²) >= 11 is 0. The molecule has 2 N–H and O–H groups in total. The highest BCUT2D eigenvalue weighted by Gasteiger charge is 2.07. The largest absolute Gasteiger partial charge is 0.504 e. The summed E-state index contributed by atoms with van der Waals surface area (Å²) < 4.78 is 5.04. The average Bonchev–Trinajstić information content (AvgIpc) is 2.47. The monoisotopic (exact) mass is 281 g/mol. The Labute approximate surface area is 122 Å². The van der Waals surface area contributed by atoms with Crippen molar-refractivity contribution in [2.75, 3.05) is 12.4 Å². The maximum Gasteiger partial charge on any atom is 0.160 e. The van der Waals surface area contributed by atoms with E-state index in [0.29, 0.717) is 17.4 Å². The van der Waals surface area contributed by atoms with Crippen LogP contribution in [0.1, 0.15) is 5.82 Å². The molecular formula is C16H15N3O2. The zero-order chi connectivity index (χ0) is 14.8. The van der Waals surface area contributed by atoms with Gasteiger partial charge in [0.15, 0.2) is 11.5 Å². The van der Waals surface area contributed by atoms with Crippen LogP contribution in [0, 0.1) is 6.92 Å². The number of phenolic OH excluding ortho intramolecular Hbond substituents is 1. The number of aromatic nitrogens is 2. The highest BCUT2D eigenvalue weighted by molar-refractivity contribution is 5.90. The van der Waals surface area contributed by atoms with Gasteiger partial charge in [0.05, 0.1) is 12.6 Å². The van der Waals surface area contributed by atoms with E-state index in [2.05, 4.69) is 15.3 Å². The molecular weight excluding hydrogens is 266 g/mol. The Morgan fingerprint density at radius 1 is 1.10 bits per heavy atom. The lowest BCUT2D eigenvalue weighted by Gasteiger charge is -2.11. The highest BCUT2D eigenvalue weighted by atomic mass is 16.5. The van der Waals surface area contributed by atoms with Crippen molar-refractivity contribution in [3.63, 3.8) is 0 Å². The van der Waals surface area contributed by atoms with Crippen molar-refractivity contribution in [1.82, 2.24) is 9.97 Å². The zero-order valence-electron chi connectivity index (χ0n) is 11.8. The van der Waals surface area contributed by atoms with Crippen molar-refractivity contribution in [1.29, 1.82) is 0 Å². The number of fused-ring (bicyclic) bond motifs is 1. The molecule has 1 aromatic heterocycles. The molecule has 3 rings (SSSR count). The number of hydrogen-bond donors (Lipinski definition) is 2. The van der Waals surface area contributed by atoms with Gasteiger partial charge in [-0.15, -0.1) is 0 Å². The molecule has 0 fully saturated rings. The fourth-order valence-corrected chi connectivity index (χ4v) is 2.19. The summed E-state index contributed by atoms with van der Waals surface area (Å²) in [6.45, 7) is 1.85. The van der Waals surface area contributed by atoms with Crippen LogP contribution in [0.2, 0.25) is 0 Å². The van der Waals surface area contributed by atoms with Crippen LogP contribution in [-0.4, -0.2) is 22.2 Å². The van der Waals surface area contributed by atoms with Gasteiger partial charge in [0, 0.05) is 17.1 Å². The minimum Gasteiger partial charge on any atom is -0.504 e. The van der Waals surface area contributed by atoms with E-state index < -0.39 is 0 Å². The number of phenols is 1. The van der Waals surface area contributed by atoms with Gasteiger partial charge in [0.2, 0.25) is 0 Å². The Morgan fingerprint density at radius 3 is 2.67 bits per heavy atom. The Bertz CT molecular complexity index is 803. The molecule has 0 spiro atoms. The van der Waals surface area contributed by atoms with Gasteiger partial charge in [0.25, 0.3) is 0 Å². The van der Waals surface area contributed by atoms with Crippen LogP contribution in [0.25, 0.3) is 10.9 Å². The molecule has 0 amide bonds. The van der Waals surface area contributed by atoms with E-state index in [1.54, 1.807) is 12.1 Å². The molecule has 0 saturated carbocycles. The molecule has 3 aromatic rings. The normalized spacial score (nSPS) is 10.6. The van der Waals surface area contributed by atoms with E-state index >= 15 is 0 Å². The van der Waals surface area contributed by atoms with Gasteiger partial charge in [-0.2, -0.15) is 0 Å². The number of ether oxygens (including phenoxy) is 1. The fraction of sp³-hybridized carbons (Fsp3) is 0.125. The Hall–Kier alpha value is -2.82. The summed E-state index contributed by atoms with van der Waals surface area (Å²) in [4.78, 5) is 8.84. The summed E-state index contributed by atoms with van der Waals surface area (Å²) in [5.41, 5.74) is 1.61. The van der Waals surface area contributed by atoms with Crippen molar-refractivity contribution in [2.45, 2.75) is 6.92 Å². The van der Waals surface area contributed by atoms with Gasteiger partial charge in [-0.3, -0.25) is 0 Å². The van der Waals surface area contributed by atoms with Crippen molar-refractivity contribution >= 4 is 22.4 Å². The van der Waals surface area contributed by atoms with E-state index in [4.69, 9.17) is 4.74 Å². The molecule has 1 heterocycles. The van der Waals surface area contributed by atoms with Gasteiger partial charge in [-0.05, 0) is 31.2 Å². The second-order valence-corrected chi connectivity index (χ2v) is 4.65. The van der Waals surface area contributed by atoms with Crippen LogP contribution in [0.15, 0.2) is 42.5 Å². The first-order valence-electron chi connectivity index (χ1n) is 6.55. The fourth-order valence-electron chi connectivity index (χ4n) is 2.19. The summed E-state index contributed by atoms with van der Waals surface area (Å²) in [6.07, 6.45) is 0. The van der Waals surface area contributed by atoms with E-state index in [9.17, 15) is 5.11 Å². The van der Waals surface area contributed by atoms with Crippen molar-refractivity contribution < 1.29 is 9.84 Å². The van der Waals surface area contributed by atoms with Gasteiger partial charge in [0.1, 0.15) is 11.6 Å². The van der Waals surface area contributed by atoms with Gasteiger partial charge >= 0.3 is 0 Å². The number of para-hydroxylation sites is 1. The molecule has 21 heavy (non-hydrogen) atoms. The molecule has 0 bridgehead atoms. The minimum absolute atomic E-state index is 0.0811. The van der Waals surface area contributed by atoms with Crippen LogP contribution >= 0.6 is 0 Å². The summed E-state index contributed by atoms with van der Waals surface area (Å²) in [6, 6.07) is 12.9. The molecule has 0 atom stereocenters. The molecule has 5 nitrogen and oxygen atoms in total. The number of hydrogen-bond acceptors (Lipinski definition) is 5. The van der Waals surface area contributed by atoms with Crippen molar-refractivity contribution in [3.05, 3.63) is 48.3 Å². The number of nitrogens with zero attached hydrogens (tertiary/aromatic N) is 2.